The van der Waals surface area contributed by atoms with Crippen molar-refractivity contribution in [2.75, 3.05) is 31.6 Å². The molecule has 1 aliphatic rings. The molecule has 3 N–H and O–H groups in total. The first-order valence-electron chi connectivity index (χ1n) is 8.76. The van der Waals surface area contributed by atoms with E-state index in [0.717, 1.165) is 18.9 Å². The van der Waals surface area contributed by atoms with Gasteiger partial charge in [0.1, 0.15) is 0 Å². The molecule has 0 radical (unpaired) electrons. The van der Waals surface area contributed by atoms with E-state index in [4.69, 9.17) is 0 Å². The van der Waals surface area contributed by atoms with Gasteiger partial charge in [-0.05, 0) is 18.8 Å². The molecule has 24 heavy (non-hydrogen) atoms. The Morgan fingerprint density at radius 1 is 1.21 bits per heavy atom. The normalized spacial score (nSPS) is 20.2. The van der Waals surface area contributed by atoms with Crippen LogP contribution in [0, 0.1) is 5.92 Å². The van der Waals surface area contributed by atoms with Gasteiger partial charge in [-0.1, -0.05) is 26.7 Å². The van der Waals surface area contributed by atoms with Gasteiger partial charge in [0, 0.05) is 32.6 Å². The maximum atomic E-state index is 11.8. The van der Waals surface area contributed by atoms with E-state index in [9.17, 15) is 13.2 Å². The molecule has 0 spiro atoms. The summed E-state index contributed by atoms with van der Waals surface area (Å²) in [6.45, 7) is 5.77. The zero-order valence-electron chi connectivity index (χ0n) is 15.1. The van der Waals surface area contributed by atoms with E-state index in [1.54, 1.807) is 7.05 Å². The summed E-state index contributed by atoms with van der Waals surface area (Å²) in [4.78, 5) is 16.0. The van der Waals surface area contributed by atoms with Gasteiger partial charge in [-0.2, -0.15) is 0 Å². The summed E-state index contributed by atoms with van der Waals surface area (Å²) >= 11 is 0. The van der Waals surface area contributed by atoms with Crippen LogP contribution in [0.25, 0.3) is 0 Å². The summed E-state index contributed by atoms with van der Waals surface area (Å²) in [6, 6.07) is -0.235. The molecule has 0 aliphatic carbocycles. The quantitative estimate of drug-likeness (QED) is 0.319. The van der Waals surface area contributed by atoms with Gasteiger partial charge < -0.3 is 16.0 Å². The molecule has 0 bridgehead atoms. The highest BCUT2D eigenvalue weighted by atomic mass is 32.2. The van der Waals surface area contributed by atoms with Crippen LogP contribution in [0.15, 0.2) is 4.99 Å². The minimum atomic E-state index is -2.96. The van der Waals surface area contributed by atoms with Gasteiger partial charge >= 0.3 is 0 Å². The summed E-state index contributed by atoms with van der Waals surface area (Å²) in [5.41, 5.74) is 0. The van der Waals surface area contributed by atoms with E-state index in [1.165, 1.54) is 12.8 Å². The number of unbranched alkanes of at least 4 members (excludes halogenated alkanes) is 1. The van der Waals surface area contributed by atoms with E-state index >= 15 is 0 Å². The van der Waals surface area contributed by atoms with Gasteiger partial charge in [0.15, 0.2) is 15.8 Å². The highest BCUT2D eigenvalue weighted by molar-refractivity contribution is 7.91. The standard InChI is InChI=1S/C16H32N4O3S/c1-13(2)6-4-5-9-18-16(17-3)19-10-7-15(21)20-14-8-11-24(22,23)12-14/h13-14H,4-12H2,1-3H3,(H,20,21)(H2,17,18,19). The van der Waals surface area contributed by atoms with Gasteiger partial charge in [0.2, 0.25) is 5.91 Å². The zero-order chi connectivity index (χ0) is 18.0. The van der Waals surface area contributed by atoms with Crippen LogP contribution >= 0.6 is 0 Å². The lowest BCUT2D eigenvalue weighted by Crippen LogP contribution is -2.41. The Morgan fingerprint density at radius 3 is 2.50 bits per heavy atom. The maximum absolute atomic E-state index is 11.8. The first-order valence-corrected chi connectivity index (χ1v) is 10.6. The SMILES string of the molecule is CN=C(NCCCCC(C)C)NCCC(=O)NC1CCS(=O)(=O)C1. The molecule has 1 amide bonds. The second kappa shape index (κ2) is 10.5. The lowest BCUT2D eigenvalue weighted by Gasteiger charge is -2.13. The van der Waals surface area contributed by atoms with E-state index in [2.05, 4.69) is 34.8 Å². The van der Waals surface area contributed by atoms with Crippen LogP contribution in [-0.2, 0) is 14.6 Å². The van der Waals surface area contributed by atoms with E-state index in [1.807, 2.05) is 0 Å². The van der Waals surface area contributed by atoms with E-state index in [0.29, 0.717) is 25.3 Å². The molecule has 0 aromatic heterocycles. The molecule has 1 unspecified atom stereocenters. The number of hydrogen-bond acceptors (Lipinski definition) is 4. The number of sulfone groups is 1. The van der Waals surface area contributed by atoms with Crippen LogP contribution < -0.4 is 16.0 Å². The average molecular weight is 361 g/mol. The molecule has 1 atom stereocenters. The van der Waals surface area contributed by atoms with Crippen molar-refractivity contribution in [2.24, 2.45) is 10.9 Å². The molecule has 1 rings (SSSR count). The Morgan fingerprint density at radius 2 is 1.92 bits per heavy atom. The summed E-state index contributed by atoms with van der Waals surface area (Å²) in [5, 5.41) is 9.11. The topological polar surface area (TPSA) is 99.7 Å². The smallest absolute Gasteiger partial charge is 0.222 e. The Bertz CT molecular complexity index is 517. The summed E-state index contributed by atoms with van der Waals surface area (Å²) < 4.78 is 22.7. The molecule has 0 aromatic rings. The lowest BCUT2D eigenvalue weighted by atomic mass is 10.1. The third-order valence-corrected chi connectivity index (χ3v) is 5.73. The highest BCUT2D eigenvalue weighted by Crippen LogP contribution is 2.11. The number of carbonyl (C=O) groups is 1. The zero-order valence-corrected chi connectivity index (χ0v) is 15.9. The molecule has 8 heteroatoms. The second-order valence-electron chi connectivity index (χ2n) is 6.73. The van der Waals surface area contributed by atoms with Crippen molar-refractivity contribution in [2.45, 2.75) is 52.0 Å². The van der Waals surface area contributed by atoms with Crippen molar-refractivity contribution in [1.82, 2.24) is 16.0 Å². The number of rotatable bonds is 9. The fraction of sp³-hybridized carbons (Fsp3) is 0.875. The summed E-state index contributed by atoms with van der Waals surface area (Å²) in [6.07, 6.45) is 4.32. The van der Waals surface area contributed by atoms with Crippen molar-refractivity contribution >= 4 is 21.7 Å². The minimum absolute atomic E-state index is 0.0613. The van der Waals surface area contributed by atoms with Crippen LogP contribution in [0.3, 0.4) is 0 Å². The average Bonchev–Trinajstić information content (AvgIpc) is 2.83. The number of guanidine groups is 1. The molecular formula is C16H32N4O3S. The van der Waals surface area contributed by atoms with Crippen LogP contribution in [0.2, 0.25) is 0 Å². The largest absolute Gasteiger partial charge is 0.356 e. The van der Waals surface area contributed by atoms with Gasteiger partial charge in [-0.15, -0.1) is 0 Å². The van der Waals surface area contributed by atoms with Gasteiger partial charge in [-0.3, -0.25) is 9.79 Å². The van der Waals surface area contributed by atoms with Crippen molar-refractivity contribution in [3.8, 4) is 0 Å². The molecule has 1 fully saturated rings. The Kier molecular flexibility index (Phi) is 9.10. The van der Waals surface area contributed by atoms with Crippen molar-refractivity contribution in [3.05, 3.63) is 0 Å². The molecule has 140 valence electrons. The molecule has 1 aliphatic heterocycles. The predicted octanol–water partition coefficient (Wildman–Crippen LogP) is 0.671. The van der Waals surface area contributed by atoms with Crippen LogP contribution in [0.4, 0.5) is 0 Å². The predicted molar refractivity (Wildman–Crippen MR) is 97.9 cm³/mol. The summed E-state index contributed by atoms with van der Waals surface area (Å²) in [7, 11) is -1.26. The highest BCUT2D eigenvalue weighted by Gasteiger charge is 2.28. The van der Waals surface area contributed by atoms with Crippen molar-refractivity contribution in [3.63, 3.8) is 0 Å². The van der Waals surface area contributed by atoms with Gasteiger partial charge in [-0.25, -0.2) is 8.42 Å². The molecule has 7 nitrogen and oxygen atoms in total. The lowest BCUT2D eigenvalue weighted by molar-refractivity contribution is -0.121. The Hall–Kier alpha value is -1.31. The Balaban J connectivity index is 2.12. The fourth-order valence-corrected chi connectivity index (χ4v) is 4.28. The fourth-order valence-electron chi connectivity index (χ4n) is 2.61. The number of hydrogen-bond donors (Lipinski definition) is 3. The van der Waals surface area contributed by atoms with Crippen molar-refractivity contribution < 1.29 is 13.2 Å². The maximum Gasteiger partial charge on any atom is 0.222 e. The molecular weight excluding hydrogens is 328 g/mol. The Labute approximate surface area is 146 Å². The van der Waals surface area contributed by atoms with E-state index in [-0.39, 0.29) is 23.5 Å². The van der Waals surface area contributed by atoms with E-state index < -0.39 is 9.84 Å². The molecule has 1 heterocycles. The third-order valence-electron chi connectivity index (χ3n) is 3.97. The number of carbonyl (C=O) groups excluding carboxylic acids is 1. The third kappa shape index (κ3) is 9.10. The van der Waals surface area contributed by atoms with Gasteiger partial charge in [0.25, 0.3) is 0 Å². The second-order valence-corrected chi connectivity index (χ2v) is 8.96. The number of nitrogens with zero attached hydrogens (tertiary/aromatic N) is 1. The number of aliphatic imine (C=N–C) groups is 1. The van der Waals surface area contributed by atoms with Crippen LogP contribution in [0.5, 0.6) is 0 Å². The first-order chi connectivity index (χ1) is 11.3. The van der Waals surface area contributed by atoms with Crippen LogP contribution in [0.1, 0.15) is 46.0 Å². The molecule has 0 aromatic carbocycles. The van der Waals surface area contributed by atoms with Crippen LogP contribution in [-0.4, -0.2) is 58.0 Å². The minimum Gasteiger partial charge on any atom is -0.356 e. The first kappa shape index (κ1) is 20.7. The number of amides is 1. The van der Waals surface area contributed by atoms with Gasteiger partial charge in [0.05, 0.1) is 11.5 Å². The molecule has 0 saturated carbocycles. The number of nitrogens with one attached hydrogen (secondary N) is 3. The monoisotopic (exact) mass is 360 g/mol. The summed E-state index contributed by atoms with van der Waals surface area (Å²) in [5.74, 6) is 1.53. The molecule has 1 saturated heterocycles. The van der Waals surface area contributed by atoms with Crippen molar-refractivity contribution in [1.29, 1.82) is 0 Å².